The van der Waals surface area contributed by atoms with Gasteiger partial charge in [0.05, 0.1) is 11.8 Å². The number of carbonyl (C=O) groups is 1. The molecule has 1 aromatic rings. The minimum absolute atomic E-state index is 0.198. The van der Waals surface area contributed by atoms with Crippen molar-refractivity contribution >= 4 is 5.91 Å². The lowest BCUT2D eigenvalue weighted by Gasteiger charge is -2.32. The van der Waals surface area contributed by atoms with Crippen LogP contribution in [0.1, 0.15) is 24.4 Å². The Morgan fingerprint density at radius 1 is 1.68 bits per heavy atom. The molecule has 2 rings (SSSR count). The van der Waals surface area contributed by atoms with Gasteiger partial charge in [-0.15, -0.1) is 0 Å². The molecule has 7 nitrogen and oxygen atoms in total. The summed E-state index contributed by atoms with van der Waals surface area (Å²) in [7, 11) is 1.76. The van der Waals surface area contributed by atoms with Crippen molar-refractivity contribution in [1.29, 1.82) is 0 Å². The molecule has 0 spiro atoms. The van der Waals surface area contributed by atoms with Crippen LogP contribution in [0.25, 0.3) is 0 Å². The van der Waals surface area contributed by atoms with Crippen LogP contribution in [-0.2, 0) is 16.6 Å². The molecule has 19 heavy (non-hydrogen) atoms. The van der Waals surface area contributed by atoms with Gasteiger partial charge in [-0.1, -0.05) is 0 Å². The molecule has 1 atom stereocenters. The first kappa shape index (κ1) is 14.0. The summed E-state index contributed by atoms with van der Waals surface area (Å²) in [4.78, 5) is 11.9. The zero-order valence-electron chi connectivity index (χ0n) is 11.0. The van der Waals surface area contributed by atoms with Crippen LogP contribution >= 0.6 is 0 Å². The molecule has 0 radical (unpaired) electrons. The Labute approximate surface area is 111 Å². The van der Waals surface area contributed by atoms with E-state index in [4.69, 9.17) is 10.5 Å². The predicted molar refractivity (Wildman–Crippen MR) is 68.1 cm³/mol. The molecular weight excluding hydrogens is 248 g/mol. The monoisotopic (exact) mass is 268 g/mol. The fraction of sp³-hybridized carbons (Fsp3) is 0.667. The van der Waals surface area contributed by atoms with Crippen LogP contribution in [0.2, 0.25) is 0 Å². The maximum absolute atomic E-state index is 11.9. The zero-order valence-corrected chi connectivity index (χ0v) is 11.0. The molecule has 0 bridgehead atoms. The Kier molecular flexibility index (Phi) is 4.18. The highest BCUT2D eigenvalue weighted by Gasteiger charge is 2.31. The number of carbonyl (C=O) groups excluding carboxylic acids is 1. The van der Waals surface area contributed by atoms with Gasteiger partial charge in [-0.25, -0.2) is 0 Å². The lowest BCUT2D eigenvalue weighted by molar-refractivity contribution is -0.125. The van der Waals surface area contributed by atoms with E-state index < -0.39 is 11.6 Å². The first-order valence-electron chi connectivity index (χ1n) is 6.32. The second kappa shape index (κ2) is 5.68. The summed E-state index contributed by atoms with van der Waals surface area (Å²) in [6, 6.07) is -0.767. The van der Waals surface area contributed by atoms with Gasteiger partial charge in [0.15, 0.2) is 0 Å². The number of aryl methyl sites for hydroxylation is 1. The van der Waals surface area contributed by atoms with E-state index in [0.717, 1.165) is 0 Å². The van der Waals surface area contributed by atoms with Crippen LogP contribution in [-0.4, -0.2) is 46.2 Å². The molecule has 1 amide bonds. The normalized spacial score (nSPS) is 19.9. The third kappa shape index (κ3) is 3.52. The molecule has 0 saturated carbocycles. The number of ether oxygens (including phenoxy) is 1. The van der Waals surface area contributed by atoms with E-state index >= 15 is 0 Å². The van der Waals surface area contributed by atoms with Crippen LogP contribution in [0.4, 0.5) is 0 Å². The molecule has 106 valence electrons. The average Bonchev–Trinajstić information content (AvgIpc) is 2.83. The fourth-order valence-electron chi connectivity index (χ4n) is 2.04. The summed E-state index contributed by atoms with van der Waals surface area (Å²) < 4.78 is 6.77. The summed E-state index contributed by atoms with van der Waals surface area (Å²) in [5.74, 6) is -0.312. The Hall–Kier alpha value is -1.44. The van der Waals surface area contributed by atoms with Gasteiger partial charge in [-0.05, 0) is 0 Å². The van der Waals surface area contributed by atoms with Crippen LogP contribution in [0.3, 0.4) is 0 Å². The number of rotatable bonds is 4. The average molecular weight is 268 g/mol. The Bertz CT molecular complexity index is 440. The highest BCUT2D eigenvalue weighted by molar-refractivity contribution is 5.82. The van der Waals surface area contributed by atoms with E-state index in [9.17, 15) is 9.90 Å². The smallest absolute Gasteiger partial charge is 0.241 e. The number of aliphatic hydroxyl groups is 1. The molecule has 1 aliphatic heterocycles. The second-order valence-corrected chi connectivity index (χ2v) is 4.98. The van der Waals surface area contributed by atoms with Gasteiger partial charge in [0.25, 0.3) is 0 Å². The van der Waals surface area contributed by atoms with Crippen molar-refractivity contribution in [2.45, 2.75) is 24.5 Å². The lowest BCUT2D eigenvalue weighted by atomic mass is 9.94. The standard InChI is InChI=1S/C12H20N4O3/c1-16-7-9(6-15-16)10(13)11(17)14-8-12(18)2-4-19-5-3-12/h6-7,10,18H,2-5,8,13H2,1H3,(H,14,17). The second-order valence-electron chi connectivity index (χ2n) is 4.98. The maximum atomic E-state index is 11.9. The first-order valence-corrected chi connectivity index (χ1v) is 6.32. The van der Waals surface area contributed by atoms with Crippen molar-refractivity contribution in [3.05, 3.63) is 18.0 Å². The topological polar surface area (TPSA) is 102 Å². The molecule has 0 aliphatic carbocycles. The van der Waals surface area contributed by atoms with Crippen LogP contribution < -0.4 is 11.1 Å². The number of amides is 1. The largest absolute Gasteiger partial charge is 0.388 e. The lowest BCUT2D eigenvalue weighted by Crippen LogP contribution is -2.48. The number of hydrogen-bond acceptors (Lipinski definition) is 5. The van der Waals surface area contributed by atoms with Crippen LogP contribution in [0.5, 0.6) is 0 Å². The SMILES string of the molecule is Cn1cc(C(N)C(=O)NCC2(O)CCOCC2)cn1. The molecule has 4 N–H and O–H groups in total. The minimum Gasteiger partial charge on any atom is -0.388 e. The van der Waals surface area contributed by atoms with Gasteiger partial charge in [-0.2, -0.15) is 5.10 Å². The zero-order chi connectivity index (χ0) is 13.9. The van der Waals surface area contributed by atoms with Crippen molar-refractivity contribution in [3.8, 4) is 0 Å². The maximum Gasteiger partial charge on any atom is 0.241 e. The first-order chi connectivity index (χ1) is 9.00. The molecule has 1 unspecified atom stereocenters. The third-order valence-electron chi connectivity index (χ3n) is 3.38. The fourth-order valence-corrected chi connectivity index (χ4v) is 2.04. The Balaban J connectivity index is 1.87. The highest BCUT2D eigenvalue weighted by atomic mass is 16.5. The molecule has 1 saturated heterocycles. The van der Waals surface area contributed by atoms with Crippen molar-refractivity contribution in [3.63, 3.8) is 0 Å². The number of nitrogens with two attached hydrogens (primary N) is 1. The molecular formula is C12H20N4O3. The number of nitrogens with zero attached hydrogens (tertiary/aromatic N) is 2. The molecule has 2 heterocycles. The molecule has 1 fully saturated rings. The van der Waals surface area contributed by atoms with Gasteiger partial charge in [0.2, 0.25) is 5.91 Å². The Morgan fingerprint density at radius 2 is 2.37 bits per heavy atom. The number of aromatic nitrogens is 2. The van der Waals surface area contributed by atoms with E-state index in [-0.39, 0.29) is 12.5 Å². The molecule has 1 aliphatic rings. The van der Waals surface area contributed by atoms with Crippen LogP contribution in [0, 0.1) is 0 Å². The van der Waals surface area contributed by atoms with Crippen molar-refractivity contribution in [1.82, 2.24) is 15.1 Å². The molecule has 0 aromatic carbocycles. The van der Waals surface area contributed by atoms with E-state index in [0.29, 0.717) is 31.6 Å². The summed E-state index contributed by atoms with van der Waals surface area (Å²) in [6.07, 6.45) is 4.31. The summed E-state index contributed by atoms with van der Waals surface area (Å²) >= 11 is 0. The van der Waals surface area contributed by atoms with Crippen molar-refractivity contribution < 1.29 is 14.6 Å². The van der Waals surface area contributed by atoms with Gasteiger partial charge < -0.3 is 20.9 Å². The van der Waals surface area contributed by atoms with Crippen LogP contribution in [0.15, 0.2) is 12.4 Å². The predicted octanol–water partition coefficient (Wildman–Crippen LogP) is -0.922. The quantitative estimate of drug-likeness (QED) is 0.655. The van der Waals surface area contributed by atoms with Crippen molar-refractivity contribution in [2.24, 2.45) is 12.8 Å². The summed E-state index contributed by atoms with van der Waals surface area (Å²) in [5, 5.41) is 16.9. The highest BCUT2D eigenvalue weighted by Crippen LogP contribution is 2.19. The number of nitrogens with one attached hydrogen (secondary N) is 1. The van der Waals surface area contributed by atoms with Gasteiger partial charge in [0, 0.05) is 51.4 Å². The van der Waals surface area contributed by atoms with E-state index in [1.165, 1.54) is 0 Å². The van der Waals surface area contributed by atoms with Gasteiger partial charge in [-0.3, -0.25) is 9.48 Å². The van der Waals surface area contributed by atoms with Crippen molar-refractivity contribution in [2.75, 3.05) is 19.8 Å². The number of hydrogen-bond donors (Lipinski definition) is 3. The van der Waals surface area contributed by atoms with E-state index in [1.54, 1.807) is 24.1 Å². The summed E-state index contributed by atoms with van der Waals surface area (Å²) in [6.45, 7) is 1.23. The minimum atomic E-state index is -0.886. The molecule has 1 aromatic heterocycles. The third-order valence-corrected chi connectivity index (χ3v) is 3.38. The van der Waals surface area contributed by atoms with Gasteiger partial charge in [0.1, 0.15) is 6.04 Å². The van der Waals surface area contributed by atoms with E-state index in [1.807, 2.05) is 0 Å². The van der Waals surface area contributed by atoms with Gasteiger partial charge >= 0.3 is 0 Å². The van der Waals surface area contributed by atoms with E-state index in [2.05, 4.69) is 10.4 Å². The molecule has 7 heteroatoms. The Morgan fingerprint density at radius 3 is 2.95 bits per heavy atom. The summed E-state index contributed by atoms with van der Waals surface area (Å²) in [5.41, 5.74) is 5.60.